The van der Waals surface area contributed by atoms with Gasteiger partial charge in [-0.1, -0.05) is 35.5 Å². The average molecular weight is 504 g/mol. The summed E-state index contributed by atoms with van der Waals surface area (Å²) < 4.78 is 5.35. The molecular weight excluding hydrogens is 474 g/mol. The van der Waals surface area contributed by atoms with Crippen molar-refractivity contribution in [3.8, 4) is 11.1 Å². The summed E-state index contributed by atoms with van der Waals surface area (Å²) in [5.41, 5.74) is 4.76. The van der Waals surface area contributed by atoms with Gasteiger partial charge in [-0.25, -0.2) is 0 Å². The van der Waals surface area contributed by atoms with Gasteiger partial charge in [0.15, 0.2) is 0 Å². The fraction of sp³-hybridized carbons (Fsp3) is 0.259. The Morgan fingerprint density at radius 1 is 0.946 bits per heavy atom. The molecule has 1 aromatic heterocycles. The van der Waals surface area contributed by atoms with Crippen molar-refractivity contribution in [2.24, 2.45) is 5.16 Å². The average Bonchev–Trinajstić information content (AvgIpc) is 3.41. The van der Waals surface area contributed by atoms with Gasteiger partial charge in [-0.2, -0.15) is 0 Å². The van der Waals surface area contributed by atoms with E-state index in [0.29, 0.717) is 37.6 Å². The standard InChI is InChI=1S/C27H27N5O4.H2O/c33-26(18-32-12-14-35-15-13-32)30-23-6-2-1-5-22(23)19-7-9-21(10-8-19)29-27(34)25-16-24(31-36-25)20-4-3-11-28-17-20;/h1-11,17,25H,12-16,18H2,(H,29,34)(H,30,33);1H2. The number of carbonyl (C=O) groups is 2. The van der Waals surface area contributed by atoms with Crippen molar-refractivity contribution in [2.75, 3.05) is 43.5 Å². The highest BCUT2D eigenvalue weighted by Crippen LogP contribution is 2.29. The number of aromatic nitrogens is 1. The summed E-state index contributed by atoms with van der Waals surface area (Å²) in [6, 6.07) is 18.9. The van der Waals surface area contributed by atoms with E-state index in [0.717, 1.165) is 35.5 Å². The molecule has 2 amide bonds. The first-order chi connectivity index (χ1) is 17.7. The molecule has 0 bridgehead atoms. The Balaban J connectivity index is 0.00000320. The number of nitrogens with zero attached hydrogens (tertiary/aromatic N) is 3. The second-order valence-corrected chi connectivity index (χ2v) is 8.63. The molecule has 1 atom stereocenters. The van der Waals surface area contributed by atoms with Crippen molar-refractivity contribution in [2.45, 2.75) is 12.5 Å². The molecule has 10 nitrogen and oxygen atoms in total. The molecule has 2 aromatic carbocycles. The van der Waals surface area contributed by atoms with Crippen molar-refractivity contribution < 1.29 is 24.6 Å². The van der Waals surface area contributed by atoms with Crippen LogP contribution in [0.2, 0.25) is 0 Å². The molecule has 2 aliphatic heterocycles. The number of amides is 2. The molecule has 1 unspecified atom stereocenters. The van der Waals surface area contributed by atoms with Crippen LogP contribution < -0.4 is 10.6 Å². The Kier molecular flexibility index (Phi) is 8.57. The summed E-state index contributed by atoms with van der Waals surface area (Å²) in [4.78, 5) is 36.8. The molecule has 4 N–H and O–H groups in total. The third-order valence-corrected chi connectivity index (χ3v) is 6.09. The molecule has 3 aromatic rings. The number of carbonyl (C=O) groups excluding carboxylic acids is 2. The quantitative estimate of drug-likeness (QED) is 0.508. The highest BCUT2D eigenvalue weighted by Gasteiger charge is 2.29. The number of pyridine rings is 1. The van der Waals surface area contributed by atoms with Gasteiger partial charge in [0.2, 0.25) is 12.0 Å². The van der Waals surface area contributed by atoms with Crippen molar-refractivity contribution in [3.63, 3.8) is 0 Å². The normalized spacial score (nSPS) is 17.2. The van der Waals surface area contributed by atoms with Gasteiger partial charge in [-0.05, 0) is 35.9 Å². The van der Waals surface area contributed by atoms with Gasteiger partial charge in [-0.15, -0.1) is 0 Å². The lowest BCUT2D eigenvalue weighted by molar-refractivity contribution is -0.125. The zero-order chi connectivity index (χ0) is 24.7. The second kappa shape index (κ2) is 12.2. The molecule has 1 saturated heterocycles. The summed E-state index contributed by atoms with van der Waals surface area (Å²) in [5, 5.41) is 9.97. The minimum Gasteiger partial charge on any atom is -0.412 e. The second-order valence-electron chi connectivity index (χ2n) is 8.63. The number of benzene rings is 2. The fourth-order valence-corrected chi connectivity index (χ4v) is 4.17. The van der Waals surface area contributed by atoms with E-state index in [1.54, 1.807) is 12.4 Å². The van der Waals surface area contributed by atoms with Gasteiger partial charge < -0.3 is 25.7 Å². The number of rotatable bonds is 7. The van der Waals surface area contributed by atoms with E-state index in [9.17, 15) is 9.59 Å². The summed E-state index contributed by atoms with van der Waals surface area (Å²) in [5.74, 6) is -0.321. The van der Waals surface area contributed by atoms with E-state index < -0.39 is 6.10 Å². The van der Waals surface area contributed by atoms with E-state index in [1.165, 1.54) is 0 Å². The fourth-order valence-electron chi connectivity index (χ4n) is 4.17. The predicted molar refractivity (Wildman–Crippen MR) is 140 cm³/mol. The molecule has 3 heterocycles. The van der Waals surface area contributed by atoms with E-state index in [2.05, 4.69) is 25.7 Å². The number of oxime groups is 1. The smallest absolute Gasteiger partial charge is 0.268 e. The van der Waals surface area contributed by atoms with Crippen LogP contribution in [0.4, 0.5) is 11.4 Å². The van der Waals surface area contributed by atoms with Gasteiger partial charge in [0.1, 0.15) is 0 Å². The number of ether oxygens (including phenoxy) is 1. The van der Waals surface area contributed by atoms with Crippen molar-refractivity contribution in [1.29, 1.82) is 0 Å². The maximum absolute atomic E-state index is 12.7. The SMILES string of the molecule is O.O=C(CN1CCOCC1)Nc1ccccc1-c1ccc(NC(=O)C2CC(c3cccnc3)=NO2)cc1. The first-order valence-corrected chi connectivity index (χ1v) is 11.9. The molecule has 10 heteroatoms. The Labute approximate surface area is 214 Å². The summed E-state index contributed by atoms with van der Waals surface area (Å²) in [6.07, 6.45) is 3.07. The lowest BCUT2D eigenvalue weighted by atomic mass is 10.0. The molecule has 0 radical (unpaired) electrons. The van der Waals surface area contributed by atoms with Gasteiger partial charge in [0, 0.05) is 54.4 Å². The minimum absolute atomic E-state index is 0. The summed E-state index contributed by atoms with van der Waals surface area (Å²) >= 11 is 0. The number of anilines is 2. The van der Waals surface area contributed by atoms with Crippen LogP contribution in [0.25, 0.3) is 11.1 Å². The van der Waals surface area contributed by atoms with Crippen LogP contribution in [0, 0.1) is 0 Å². The Morgan fingerprint density at radius 2 is 1.73 bits per heavy atom. The monoisotopic (exact) mass is 503 g/mol. The molecule has 5 rings (SSSR count). The van der Waals surface area contributed by atoms with Crippen molar-refractivity contribution in [3.05, 3.63) is 78.6 Å². The van der Waals surface area contributed by atoms with Crippen LogP contribution in [-0.4, -0.2) is 71.8 Å². The van der Waals surface area contributed by atoms with Crippen LogP contribution in [0.1, 0.15) is 12.0 Å². The molecule has 0 aliphatic carbocycles. The number of para-hydroxylation sites is 1. The lowest BCUT2D eigenvalue weighted by Gasteiger charge is -2.26. The predicted octanol–water partition coefficient (Wildman–Crippen LogP) is 2.33. The number of morpholine rings is 1. The molecule has 0 saturated carbocycles. The third-order valence-electron chi connectivity index (χ3n) is 6.09. The van der Waals surface area contributed by atoms with Crippen LogP contribution in [0.3, 0.4) is 0 Å². The van der Waals surface area contributed by atoms with Gasteiger partial charge in [0.25, 0.3) is 5.91 Å². The number of hydrogen-bond donors (Lipinski definition) is 2. The zero-order valence-electron chi connectivity index (χ0n) is 20.2. The first-order valence-electron chi connectivity index (χ1n) is 11.9. The zero-order valence-corrected chi connectivity index (χ0v) is 20.2. The maximum Gasteiger partial charge on any atom is 0.268 e. The Morgan fingerprint density at radius 3 is 2.49 bits per heavy atom. The molecule has 192 valence electrons. The summed E-state index contributed by atoms with van der Waals surface area (Å²) in [7, 11) is 0. The molecule has 1 fully saturated rings. The topological polar surface area (TPSA) is 137 Å². The van der Waals surface area contributed by atoms with Gasteiger partial charge in [0.05, 0.1) is 25.5 Å². The Bertz CT molecular complexity index is 1240. The lowest BCUT2D eigenvalue weighted by Crippen LogP contribution is -2.41. The third kappa shape index (κ3) is 6.56. The number of nitrogens with one attached hydrogen (secondary N) is 2. The largest absolute Gasteiger partial charge is 0.412 e. The summed E-state index contributed by atoms with van der Waals surface area (Å²) in [6.45, 7) is 3.14. The van der Waals surface area contributed by atoms with Crippen LogP contribution in [-0.2, 0) is 19.2 Å². The molecule has 2 aliphatic rings. The van der Waals surface area contributed by atoms with E-state index in [-0.39, 0.29) is 17.3 Å². The van der Waals surface area contributed by atoms with Gasteiger partial charge >= 0.3 is 0 Å². The molecule has 0 spiro atoms. The van der Waals surface area contributed by atoms with Crippen LogP contribution in [0.15, 0.2) is 78.2 Å². The first kappa shape index (κ1) is 26.0. The van der Waals surface area contributed by atoms with E-state index in [1.807, 2.05) is 60.7 Å². The molecule has 37 heavy (non-hydrogen) atoms. The van der Waals surface area contributed by atoms with Crippen LogP contribution >= 0.6 is 0 Å². The van der Waals surface area contributed by atoms with Crippen LogP contribution in [0.5, 0.6) is 0 Å². The Hall–Kier alpha value is -4.12. The van der Waals surface area contributed by atoms with E-state index >= 15 is 0 Å². The van der Waals surface area contributed by atoms with Crippen molar-refractivity contribution in [1.82, 2.24) is 9.88 Å². The van der Waals surface area contributed by atoms with Gasteiger partial charge in [-0.3, -0.25) is 19.5 Å². The van der Waals surface area contributed by atoms with Crippen molar-refractivity contribution >= 4 is 28.9 Å². The highest BCUT2D eigenvalue weighted by atomic mass is 16.6. The number of hydrogen-bond acceptors (Lipinski definition) is 7. The maximum atomic E-state index is 12.7. The van der Waals surface area contributed by atoms with E-state index in [4.69, 9.17) is 9.57 Å². The minimum atomic E-state index is -0.692. The highest BCUT2D eigenvalue weighted by molar-refractivity contribution is 6.06. The molecular formula is C27H29N5O5.